The second kappa shape index (κ2) is 6.04. The van der Waals surface area contributed by atoms with Gasteiger partial charge < -0.3 is 10.4 Å². The van der Waals surface area contributed by atoms with Crippen molar-refractivity contribution in [3.63, 3.8) is 0 Å². The number of nitrogens with one attached hydrogen (secondary N) is 1. The van der Waals surface area contributed by atoms with E-state index in [4.69, 9.17) is 0 Å². The predicted octanol–water partition coefficient (Wildman–Crippen LogP) is 1.34. The zero-order valence-electron chi connectivity index (χ0n) is 10.8. The van der Waals surface area contributed by atoms with Crippen LogP contribution in [0.5, 0.6) is 5.75 Å². The number of nitrogens with zero attached hydrogens (tertiary/aromatic N) is 2. The smallest absolute Gasteiger partial charge is 0.224 e. The van der Waals surface area contributed by atoms with Gasteiger partial charge in [-0.25, -0.2) is 0 Å². The van der Waals surface area contributed by atoms with Gasteiger partial charge in [0.1, 0.15) is 5.75 Å². The van der Waals surface area contributed by atoms with E-state index in [2.05, 4.69) is 10.4 Å². The number of rotatable bonds is 5. The fourth-order valence-corrected chi connectivity index (χ4v) is 1.91. The van der Waals surface area contributed by atoms with E-state index in [1.807, 2.05) is 25.3 Å². The Bertz CT molecular complexity index is 537. The van der Waals surface area contributed by atoms with E-state index in [-0.39, 0.29) is 24.1 Å². The third-order valence-electron chi connectivity index (χ3n) is 2.70. The molecule has 5 nitrogen and oxygen atoms in total. The fraction of sp³-hybridized carbons (Fsp3) is 0.286. The number of hydrogen-bond donors (Lipinski definition) is 2. The minimum atomic E-state index is -0.0646. The molecule has 5 heteroatoms. The molecule has 0 aliphatic carbocycles. The molecule has 0 aliphatic rings. The number of carbonyl (C=O) groups is 1. The average molecular weight is 259 g/mol. The van der Waals surface area contributed by atoms with Crippen LogP contribution in [0.25, 0.3) is 0 Å². The molecule has 1 aromatic carbocycles. The molecular weight excluding hydrogens is 242 g/mol. The van der Waals surface area contributed by atoms with Crippen molar-refractivity contribution in [3.05, 3.63) is 48.3 Å². The minimum absolute atomic E-state index is 0.00436. The topological polar surface area (TPSA) is 67.2 Å². The third kappa shape index (κ3) is 4.13. The van der Waals surface area contributed by atoms with Crippen LogP contribution in [0.4, 0.5) is 0 Å². The minimum Gasteiger partial charge on any atom is -0.508 e. The first-order chi connectivity index (χ1) is 9.13. The first-order valence-corrected chi connectivity index (χ1v) is 6.18. The number of carbonyl (C=O) groups excluding carboxylic acids is 1. The Kier molecular flexibility index (Phi) is 4.18. The summed E-state index contributed by atoms with van der Waals surface area (Å²) in [7, 11) is 0. The summed E-state index contributed by atoms with van der Waals surface area (Å²) in [5, 5.41) is 16.3. The SMILES string of the molecule is CC(Cn1cccn1)NC(=O)Cc1cccc(O)c1. The van der Waals surface area contributed by atoms with Crippen molar-refractivity contribution in [3.8, 4) is 5.75 Å². The summed E-state index contributed by atoms with van der Waals surface area (Å²) < 4.78 is 1.78. The van der Waals surface area contributed by atoms with Crippen molar-refractivity contribution < 1.29 is 9.90 Å². The molecule has 1 amide bonds. The number of phenols is 1. The average Bonchev–Trinajstić information content (AvgIpc) is 2.81. The van der Waals surface area contributed by atoms with Crippen molar-refractivity contribution in [2.75, 3.05) is 0 Å². The Morgan fingerprint density at radius 1 is 1.47 bits per heavy atom. The quantitative estimate of drug-likeness (QED) is 0.851. The summed E-state index contributed by atoms with van der Waals surface area (Å²) in [6, 6.07) is 8.58. The summed E-state index contributed by atoms with van der Waals surface area (Å²) in [5.74, 6) is 0.111. The standard InChI is InChI=1S/C14H17N3O2/c1-11(10-17-7-3-6-15-17)16-14(19)9-12-4-2-5-13(18)8-12/h2-8,11,18H,9-10H2,1H3,(H,16,19). The van der Waals surface area contributed by atoms with Crippen molar-refractivity contribution in [1.29, 1.82) is 0 Å². The molecule has 2 rings (SSSR count). The predicted molar refractivity (Wildman–Crippen MR) is 71.6 cm³/mol. The largest absolute Gasteiger partial charge is 0.508 e. The zero-order chi connectivity index (χ0) is 13.7. The Balaban J connectivity index is 1.84. The van der Waals surface area contributed by atoms with Crippen LogP contribution in [0.1, 0.15) is 12.5 Å². The molecule has 1 aromatic heterocycles. The molecule has 0 radical (unpaired) electrons. The van der Waals surface area contributed by atoms with E-state index in [1.165, 1.54) is 0 Å². The maximum absolute atomic E-state index is 11.8. The second-order valence-corrected chi connectivity index (χ2v) is 4.54. The van der Waals surface area contributed by atoms with Crippen LogP contribution in [0.15, 0.2) is 42.7 Å². The van der Waals surface area contributed by atoms with Gasteiger partial charge in [-0.3, -0.25) is 9.48 Å². The number of amides is 1. The number of phenolic OH excluding ortho intramolecular Hbond substituents is 1. The lowest BCUT2D eigenvalue weighted by Crippen LogP contribution is -2.36. The summed E-state index contributed by atoms with van der Waals surface area (Å²) >= 11 is 0. The molecule has 0 spiro atoms. The Morgan fingerprint density at radius 3 is 3.00 bits per heavy atom. The highest BCUT2D eigenvalue weighted by molar-refractivity contribution is 5.78. The molecule has 100 valence electrons. The number of benzene rings is 1. The van der Waals surface area contributed by atoms with Gasteiger partial charge >= 0.3 is 0 Å². The molecule has 2 aromatic rings. The van der Waals surface area contributed by atoms with Gasteiger partial charge in [0.2, 0.25) is 5.91 Å². The van der Waals surface area contributed by atoms with Crippen LogP contribution >= 0.6 is 0 Å². The summed E-state index contributed by atoms with van der Waals surface area (Å²) in [6.45, 7) is 2.57. The normalized spacial score (nSPS) is 12.1. The maximum atomic E-state index is 11.8. The lowest BCUT2D eigenvalue weighted by atomic mass is 10.1. The lowest BCUT2D eigenvalue weighted by molar-refractivity contribution is -0.121. The van der Waals surface area contributed by atoms with E-state index in [0.717, 1.165) is 5.56 Å². The first-order valence-electron chi connectivity index (χ1n) is 6.18. The highest BCUT2D eigenvalue weighted by Gasteiger charge is 2.09. The van der Waals surface area contributed by atoms with Crippen molar-refractivity contribution >= 4 is 5.91 Å². The van der Waals surface area contributed by atoms with E-state index < -0.39 is 0 Å². The van der Waals surface area contributed by atoms with Gasteiger partial charge in [-0.1, -0.05) is 12.1 Å². The van der Waals surface area contributed by atoms with Gasteiger partial charge in [0.25, 0.3) is 0 Å². The molecule has 0 saturated carbocycles. The molecule has 1 heterocycles. The summed E-state index contributed by atoms with van der Waals surface area (Å²) in [6.07, 6.45) is 3.83. The monoisotopic (exact) mass is 259 g/mol. The molecule has 1 atom stereocenters. The van der Waals surface area contributed by atoms with Crippen LogP contribution in [-0.4, -0.2) is 26.8 Å². The van der Waals surface area contributed by atoms with Gasteiger partial charge in [0.15, 0.2) is 0 Å². The molecular formula is C14H17N3O2. The molecule has 19 heavy (non-hydrogen) atoms. The van der Waals surface area contributed by atoms with E-state index in [9.17, 15) is 9.90 Å². The fourth-order valence-electron chi connectivity index (χ4n) is 1.91. The van der Waals surface area contributed by atoms with E-state index >= 15 is 0 Å². The van der Waals surface area contributed by atoms with Crippen LogP contribution in [-0.2, 0) is 17.8 Å². The first kappa shape index (κ1) is 13.1. The Labute approximate surface area is 111 Å². The highest BCUT2D eigenvalue weighted by Crippen LogP contribution is 2.11. The Morgan fingerprint density at radius 2 is 2.32 bits per heavy atom. The van der Waals surface area contributed by atoms with Crippen molar-refractivity contribution in [2.45, 2.75) is 25.9 Å². The number of aromatic hydroxyl groups is 1. The maximum Gasteiger partial charge on any atom is 0.224 e. The number of hydrogen-bond acceptors (Lipinski definition) is 3. The molecule has 0 bridgehead atoms. The van der Waals surface area contributed by atoms with Gasteiger partial charge in [-0.05, 0) is 30.7 Å². The van der Waals surface area contributed by atoms with Crippen LogP contribution in [0.2, 0.25) is 0 Å². The molecule has 0 fully saturated rings. The van der Waals surface area contributed by atoms with E-state index in [0.29, 0.717) is 6.54 Å². The Hall–Kier alpha value is -2.30. The van der Waals surface area contributed by atoms with Crippen LogP contribution < -0.4 is 5.32 Å². The lowest BCUT2D eigenvalue weighted by Gasteiger charge is -2.14. The van der Waals surface area contributed by atoms with Crippen LogP contribution in [0, 0.1) is 0 Å². The van der Waals surface area contributed by atoms with Crippen molar-refractivity contribution in [2.24, 2.45) is 0 Å². The summed E-state index contributed by atoms with van der Waals surface area (Å²) in [5.41, 5.74) is 0.795. The molecule has 1 unspecified atom stereocenters. The second-order valence-electron chi connectivity index (χ2n) is 4.54. The van der Waals surface area contributed by atoms with Gasteiger partial charge in [0, 0.05) is 18.4 Å². The highest BCUT2D eigenvalue weighted by atomic mass is 16.3. The van der Waals surface area contributed by atoms with Crippen molar-refractivity contribution in [1.82, 2.24) is 15.1 Å². The molecule has 0 saturated heterocycles. The van der Waals surface area contributed by atoms with Crippen LogP contribution in [0.3, 0.4) is 0 Å². The zero-order valence-corrected chi connectivity index (χ0v) is 10.8. The van der Waals surface area contributed by atoms with Gasteiger partial charge in [0.05, 0.1) is 13.0 Å². The summed E-state index contributed by atoms with van der Waals surface area (Å²) in [4.78, 5) is 11.8. The van der Waals surface area contributed by atoms with Gasteiger partial charge in [-0.2, -0.15) is 5.10 Å². The van der Waals surface area contributed by atoms with Gasteiger partial charge in [-0.15, -0.1) is 0 Å². The molecule has 0 aliphatic heterocycles. The number of aromatic nitrogens is 2. The third-order valence-corrected chi connectivity index (χ3v) is 2.70. The van der Waals surface area contributed by atoms with E-state index in [1.54, 1.807) is 29.1 Å². The molecule has 2 N–H and O–H groups in total.